The van der Waals surface area contributed by atoms with E-state index in [-0.39, 0.29) is 0 Å². The van der Waals surface area contributed by atoms with Gasteiger partial charge in [-0.05, 0) is 31.9 Å². The number of aromatic nitrogens is 1. The van der Waals surface area contributed by atoms with Gasteiger partial charge in [0.25, 0.3) is 0 Å². The van der Waals surface area contributed by atoms with Crippen molar-refractivity contribution >= 4 is 23.5 Å². The van der Waals surface area contributed by atoms with Gasteiger partial charge < -0.3 is 15.1 Å². The molecule has 134 valence electrons. The van der Waals surface area contributed by atoms with Crippen LogP contribution in [0.15, 0.2) is 23.3 Å². The molecule has 0 radical (unpaired) electrons. The molecule has 24 heavy (non-hydrogen) atoms. The average Bonchev–Trinajstić information content (AvgIpc) is 2.64. The standard InChI is InChI=1S/C18H31N5S/c1-5-16-14-23(10-11-24-16)18(19-4)21-13-15-8-9-17(20-12-15)22(6-2)7-3/h8-9,12,16H,5-7,10-11,13-14H2,1-4H3,(H,19,21). The van der Waals surface area contributed by atoms with Crippen molar-refractivity contribution in [3.63, 3.8) is 0 Å². The van der Waals surface area contributed by atoms with Crippen molar-refractivity contribution in [3.05, 3.63) is 23.9 Å². The molecule has 0 aromatic carbocycles. The molecule has 0 saturated carbocycles. The number of pyridine rings is 1. The highest BCUT2D eigenvalue weighted by atomic mass is 32.2. The lowest BCUT2D eigenvalue weighted by Crippen LogP contribution is -2.47. The van der Waals surface area contributed by atoms with Crippen LogP contribution in [0.2, 0.25) is 0 Å². The van der Waals surface area contributed by atoms with Crippen molar-refractivity contribution in [2.24, 2.45) is 4.99 Å². The third-order valence-corrected chi connectivity index (χ3v) is 5.82. The van der Waals surface area contributed by atoms with E-state index in [9.17, 15) is 0 Å². The van der Waals surface area contributed by atoms with Gasteiger partial charge in [0.1, 0.15) is 5.82 Å². The molecule has 1 aromatic heterocycles. The number of hydrogen-bond acceptors (Lipinski definition) is 4. The average molecular weight is 350 g/mol. The van der Waals surface area contributed by atoms with E-state index in [4.69, 9.17) is 0 Å². The molecule has 1 saturated heterocycles. The van der Waals surface area contributed by atoms with Crippen molar-refractivity contribution in [2.45, 2.75) is 39.0 Å². The number of nitrogens with one attached hydrogen (secondary N) is 1. The van der Waals surface area contributed by atoms with Gasteiger partial charge in [0.15, 0.2) is 5.96 Å². The summed E-state index contributed by atoms with van der Waals surface area (Å²) in [6.45, 7) is 11.5. The molecule has 2 heterocycles. The Kier molecular flexibility index (Phi) is 7.69. The molecule has 1 fully saturated rings. The van der Waals surface area contributed by atoms with Crippen LogP contribution in [0, 0.1) is 0 Å². The Labute approximate surface area is 150 Å². The van der Waals surface area contributed by atoms with Crippen LogP contribution < -0.4 is 10.2 Å². The molecule has 1 aliphatic rings. The molecule has 1 atom stereocenters. The molecule has 5 nitrogen and oxygen atoms in total. The lowest BCUT2D eigenvalue weighted by Gasteiger charge is -2.34. The van der Waals surface area contributed by atoms with Crippen molar-refractivity contribution in [1.29, 1.82) is 0 Å². The van der Waals surface area contributed by atoms with E-state index in [1.165, 1.54) is 17.7 Å². The Balaban J connectivity index is 1.91. The topological polar surface area (TPSA) is 43.8 Å². The van der Waals surface area contributed by atoms with E-state index in [1.807, 2.05) is 13.2 Å². The predicted octanol–water partition coefficient (Wildman–Crippen LogP) is 2.83. The Hall–Kier alpha value is -1.43. The number of thioether (sulfide) groups is 1. The summed E-state index contributed by atoms with van der Waals surface area (Å²) in [5.41, 5.74) is 1.19. The SMILES string of the molecule is CCC1CN(C(=NC)NCc2ccc(N(CC)CC)nc2)CCS1. The van der Waals surface area contributed by atoms with Crippen molar-refractivity contribution < 1.29 is 0 Å². The van der Waals surface area contributed by atoms with Crippen LogP contribution in [-0.4, -0.2) is 60.1 Å². The Morgan fingerprint density at radius 2 is 2.17 bits per heavy atom. The second-order valence-corrected chi connectivity index (χ2v) is 7.35. The van der Waals surface area contributed by atoms with Crippen LogP contribution in [-0.2, 0) is 6.54 Å². The molecule has 2 rings (SSSR count). The summed E-state index contributed by atoms with van der Waals surface area (Å²) in [5, 5.41) is 4.20. The summed E-state index contributed by atoms with van der Waals surface area (Å²) in [5.74, 6) is 3.23. The molecule has 0 aliphatic carbocycles. The van der Waals surface area contributed by atoms with Crippen LogP contribution in [0.25, 0.3) is 0 Å². The van der Waals surface area contributed by atoms with Gasteiger partial charge in [-0.25, -0.2) is 4.98 Å². The highest BCUT2D eigenvalue weighted by Crippen LogP contribution is 2.21. The number of nitrogens with zero attached hydrogens (tertiary/aromatic N) is 4. The summed E-state index contributed by atoms with van der Waals surface area (Å²) in [6, 6.07) is 4.26. The third-order valence-electron chi connectivity index (χ3n) is 4.45. The van der Waals surface area contributed by atoms with Gasteiger partial charge in [-0.15, -0.1) is 0 Å². The maximum absolute atomic E-state index is 4.59. The molecular weight excluding hydrogens is 318 g/mol. The Morgan fingerprint density at radius 3 is 2.75 bits per heavy atom. The summed E-state index contributed by atoms with van der Waals surface area (Å²) in [7, 11) is 1.87. The first-order valence-electron chi connectivity index (χ1n) is 8.98. The van der Waals surface area contributed by atoms with Gasteiger partial charge in [0.2, 0.25) is 0 Å². The normalized spacial score (nSPS) is 18.6. The molecule has 0 spiro atoms. The van der Waals surface area contributed by atoms with Crippen molar-refractivity contribution in [1.82, 2.24) is 15.2 Å². The van der Waals surface area contributed by atoms with Crippen LogP contribution in [0.5, 0.6) is 0 Å². The molecule has 6 heteroatoms. The smallest absolute Gasteiger partial charge is 0.193 e. The van der Waals surface area contributed by atoms with Crippen LogP contribution >= 0.6 is 11.8 Å². The van der Waals surface area contributed by atoms with E-state index in [1.54, 1.807) is 0 Å². The molecule has 0 amide bonds. The fraction of sp³-hybridized carbons (Fsp3) is 0.667. The minimum atomic E-state index is 0.715. The lowest BCUT2D eigenvalue weighted by atomic mass is 10.2. The summed E-state index contributed by atoms with van der Waals surface area (Å²) in [4.78, 5) is 13.7. The zero-order valence-corrected chi connectivity index (χ0v) is 16.3. The summed E-state index contributed by atoms with van der Waals surface area (Å²) < 4.78 is 0. The zero-order chi connectivity index (χ0) is 17.4. The molecular formula is C18H31N5S. The third kappa shape index (κ3) is 5.03. The molecule has 0 bridgehead atoms. The van der Waals surface area contributed by atoms with E-state index in [2.05, 4.69) is 69.8 Å². The first-order valence-corrected chi connectivity index (χ1v) is 10.0. The quantitative estimate of drug-likeness (QED) is 0.632. The summed E-state index contributed by atoms with van der Waals surface area (Å²) in [6.07, 6.45) is 3.18. The molecule has 1 N–H and O–H groups in total. The second kappa shape index (κ2) is 9.77. The highest BCUT2D eigenvalue weighted by molar-refractivity contribution is 8.00. The fourth-order valence-corrected chi connectivity index (χ4v) is 4.11. The molecule has 1 aliphatic heterocycles. The Morgan fingerprint density at radius 1 is 1.38 bits per heavy atom. The van der Waals surface area contributed by atoms with Gasteiger partial charge in [-0.3, -0.25) is 4.99 Å². The van der Waals surface area contributed by atoms with Crippen molar-refractivity contribution in [3.8, 4) is 0 Å². The van der Waals surface area contributed by atoms with Crippen molar-refractivity contribution in [2.75, 3.05) is 43.9 Å². The lowest BCUT2D eigenvalue weighted by molar-refractivity contribution is 0.408. The number of aliphatic imine (C=N–C) groups is 1. The van der Waals surface area contributed by atoms with E-state index >= 15 is 0 Å². The van der Waals surface area contributed by atoms with Crippen LogP contribution in [0.3, 0.4) is 0 Å². The minimum absolute atomic E-state index is 0.715. The first-order chi connectivity index (χ1) is 11.7. The number of rotatable bonds is 6. The van der Waals surface area contributed by atoms with Crippen LogP contribution in [0.4, 0.5) is 5.82 Å². The number of anilines is 1. The summed E-state index contributed by atoms with van der Waals surface area (Å²) >= 11 is 2.08. The van der Waals surface area contributed by atoms with Gasteiger partial charge >= 0.3 is 0 Å². The van der Waals surface area contributed by atoms with Gasteiger partial charge in [-0.1, -0.05) is 13.0 Å². The number of hydrogen-bond donors (Lipinski definition) is 1. The highest BCUT2D eigenvalue weighted by Gasteiger charge is 2.21. The zero-order valence-electron chi connectivity index (χ0n) is 15.5. The first kappa shape index (κ1) is 18.9. The Bertz CT molecular complexity index is 513. The number of guanidine groups is 1. The maximum atomic E-state index is 4.59. The largest absolute Gasteiger partial charge is 0.357 e. The predicted molar refractivity (Wildman–Crippen MR) is 106 cm³/mol. The van der Waals surface area contributed by atoms with Gasteiger partial charge in [-0.2, -0.15) is 11.8 Å². The maximum Gasteiger partial charge on any atom is 0.193 e. The monoisotopic (exact) mass is 349 g/mol. The fourth-order valence-electron chi connectivity index (χ4n) is 2.93. The molecule has 1 unspecified atom stereocenters. The minimum Gasteiger partial charge on any atom is -0.357 e. The van der Waals surface area contributed by atoms with Gasteiger partial charge in [0, 0.05) is 57.0 Å². The van der Waals surface area contributed by atoms with Gasteiger partial charge in [0.05, 0.1) is 0 Å². The van der Waals surface area contributed by atoms with Crippen LogP contribution in [0.1, 0.15) is 32.8 Å². The second-order valence-electron chi connectivity index (χ2n) is 5.94. The van der Waals surface area contributed by atoms with E-state index < -0.39 is 0 Å². The van der Waals surface area contributed by atoms with E-state index in [0.717, 1.165) is 44.5 Å². The van der Waals surface area contributed by atoms with E-state index in [0.29, 0.717) is 5.25 Å². The molecule has 1 aromatic rings.